The third-order valence-electron chi connectivity index (χ3n) is 11.2. The maximum Gasteiger partial charge on any atom is 0.164 e. The zero-order valence-electron chi connectivity index (χ0n) is 30.0. The van der Waals surface area contributed by atoms with Crippen LogP contribution in [0.5, 0.6) is 0 Å². The van der Waals surface area contributed by atoms with E-state index in [1.807, 2.05) is 29.5 Å². The van der Waals surface area contributed by atoms with Gasteiger partial charge in [-0.1, -0.05) is 140 Å². The first kappa shape index (κ1) is 31.2. The fourth-order valence-corrected chi connectivity index (χ4v) is 9.85. The summed E-state index contributed by atoms with van der Waals surface area (Å²) in [7, 11) is 0. The zero-order valence-corrected chi connectivity index (χ0v) is 30.8. The van der Waals surface area contributed by atoms with Gasteiger partial charge in [-0.05, 0) is 70.1 Å². The molecule has 0 aliphatic rings. The number of fused-ring (bicyclic) bond motifs is 6. The molecule has 0 atom stereocenters. The Bertz CT molecular complexity index is 3440. The standard InChI is InChI=1S/C51H30N4S/c1-4-14-31(15-5-1)34-24-25-39(40(28-34)32-16-6-2-7-17-32)51-53-49(33-18-8-3-9-19-33)52-50(54-51)35-29-41-37-21-11-13-23-43(37)55-42-22-12-10-20-36(42)38-26-27-44-47(48(38)55)46(41)45(30-35)56-44/h1-30H. The van der Waals surface area contributed by atoms with E-state index < -0.39 is 0 Å². The quantitative estimate of drug-likeness (QED) is 0.177. The summed E-state index contributed by atoms with van der Waals surface area (Å²) in [6.07, 6.45) is 0. The van der Waals surface area contributed by atoms with Crippen molar-refractivity contribution < 1.29 is 0 Å². The molecule has 12 rings (SSSR count). The van der Waals surface area contributed by atoms with E-state index in [4.69, 9.17) is 15.0 Å². The van der Waals surface area contributed by atoms with E-state index in [0.717, 1.165) is 38.9 Å². The van der Waals surface area contributed by atoms with Gasteiger partial charge in [0, 0.05) is 53.0 Å². The molecule has 0 fully saturated rings. The van der Waals surface area contributed by atoms with Crippen molar-refractivity contribution in [3.63, 3.8) is 0 Å². The number of rotatable bonds is 5. The van der Waals surface area contributed by atoms with E-state index in [0.29, 0.717) is 17.5 Å². The van der Waals surface area contributed by atoms with E-state index in [9.17, 15) is 0 Å². The van der Waals surface area contributed by atoms with Crippen molar-refractivity contribution in [2.24, 2.45) is 0 Å². The molecule has 4 heterocycles. The number of hydrogen-bond acceptors (Lipinski definition) is 4. The Labute approximate surface area is 326 Å². The maximum absolute atomic E-state index is 5.36. The van der Waals surface area contributed by atoms with Crippen molar-refractivity contribution in [3.8, 4) is 56.4 Å². The Hall–Kier alpha value is -7.21. The first-order valence-electron chi connectivity index (χ1n) is 18.9. The van der Waals surface area contributed by atoms with Crippen LogP contribution in [-0.2, 0) is 0 Å². The van der Waals surface area contributed by atoms with Gasteiger partial charge in [-0.25, -0.2) is 15.0 Å². The molecule has 0 amide bonds. The first-order valence-corrected chi connectivity index (χ1v) is 19.7. The lowest BCUT2D eigenvalue weighted by atomic mass is 9.94. The van der Waals surface area contributed by atoms with Crippen LogP contribution >= 0.6 is 11.3 Å². The van der Waals surface area contributed by atoms with Gasteiger partial charge >= 0.3 is 0 Å². The minimum atomic E-state index is 0.638. The first-order chi connectivity index (χ1) is 27.8. The van der Waals surface area contributed by atoms with Gasteiger partial charge in [0.05, 0.1) is 16.6 Å². The van der Waals surface area contributed by atoms with Crippen LogP contribution in [0.3, 0.4) is 0 Å². The Balaban J connectivity index is 1.16. The maximum atomic E-state index is 5.36. The minimum absolute atomic E-state index is 0.638. The number of para-hydroxylation sites is 2. The van der Waals surface area contributed by atoms with Gasteiger partial charge in [-0.15, -0.1) is 11.3 Å². The summed E-state index contributed by atoms with van der Waals surface area (Å²) in [6, 6.07) is 64.7. The van der Waals surface area contributed by atoms with Gasteiger partial charge in [0.1, 0.15) is 0 Å². The summed E-state index contributed by atoms with van der Waals surface area (Å²) in [6.45, 7) is 0. The van der Waals surface area contributed by atoms with Gasteiger partial charge in [-0.3, -0.25) is 0 Å². The SMILES string of the molecule is c1ccc(-c2ccc(-c3nc(-c4ccccc4)nc(-c4cc5sc6ccc7c8ccccc8n8c9ccccc9c(c4)c5c6c78)n3)c(-c3ccccc3)c2)cc1. The Morgan fingerprint density at radius 2 is 0.929 bits per heavy atom. The molecule has 56 heavy (non-hydrogen) atoms. The van der Waals surface area contributed by atoms with E-state index in [1.165, 1.54) is 58.3 Å². The molecule has 12 aromatic rings. The van der Waals surface area contributed by atoms with Crippen molar-refractivity contribution in [3.05, 3.63) is 182 Å². The predicted molar refractivity (Wildman–Crippen MR) is 235 cm³/mol. The van der Waals surface area contributed by atoms with E-state index in [-0.39, 0.29) is 0 Å². The van der Waals surface area contributed by atoms with E-state index in [2.05, 4.69) is 168 Å². The summed E-state index contributed by atoms with van der Waals surface area (Å²) < 4.78 is 4.97. The molecule has 0 spiro atoms. The number of thiophene rings is 1. The molecule has 260 valence electrons. The molecule has 0 unspecified atom stereocenters. The minimum Gasteiger partial charge on any atom is -0.308 e. The second-order valence-electron chi connectivity index (χ2n) is 14.4. The highest BCUT2D eigenvalue weighted by atomic mass is 32.1. The smallest absolute Gasteiger partial charge is 0.164 e. The van der Waals surface area contributed by atoms with Gasteiger partial charge in [0.25, 0.3) is 0 Å². The molecule has 4 aromatic heterocycles. The second kappa shape index (κ2) is 12.2. The Morgan fingerprint density at radius 3 is 1.64 bits per heavy atom. The van der Waals surface area contributed by atoms with Crippen molar-refractivity contribution in [1.29, 1.82) is 0 Å². The Kier molecular flexibility index (Phi) is 6.76. The monoisotopic (exact) mass is 730 g/mol. The van der Waals surface area contributed by atoms with Gasteiger partial charge in [-0.2, -0.15) is 0 Å². The summed E-state index contributed by atoms with van der Waals surface area (Å²) in [4.78, 5) is 15.8. The number of nitrogens with zero attached hydrogens (tertiary/aromatic N) is 4. The lowest BCUT2D eigenvalue weighted by molar-refractivity contribution is 1.08. The Morgan fingerprint density at radius 1 is 0.339 bits per heavy atom. The van der Waals surface area contributed by atoms with Gasteiger partial charge in [0.15, 0.2) is 17.5 Å². The zero-order chi connectivity index (χ0) is 36.7. The summed E-state index contributed by atoms with van der Waals surface area (Å²) in [5.74, 6) is 1.93. The number of benzene rings is 8. The molecule has 0 saturated carbocycles. The fourth-order valence-electron chi connectivity index (χ4n) is 8.67. The molecule has 0 aliphatic heterocycles. The molecule has 0 radical (unpaired) electrons. The highest BCUT2D eigenvalue weighted by Crippen LogP contribution is 2.47. The number of hydrogen-bond donors (Lipinski definition) is 0. The average Bonchev–Trinajstić information content (AvgIpc) is 3.78. The molecule has 5 heteroatoms. The normalized spacial score (nSPS) is 11.9. The molecule has 0 saturated heterocycles. The van der Waals surface area contributed by atoms with E-state index in [1.54, 1.807) is 0 Å². The molecule has 0 aliphatic carbocycles. The van der Waals surface area contributed by atoms with Crippen molar-refractivity contribution in [2.75, 3.05) is 0 Å². The molecular weight excluding hydrogens is 701 g/mol. The van der Waals surface area contributed by atoms with Gasteiger partial charge in [0.2, 0.25) is 0 Å². The van der Waals surface area contributed by atoms with Crippen LogP contribution < -0.4 is 0 Å². The predicted octanol–water partition coefficient (Wildman–Crippen LogP) is 13.7. The van der Waals surface area contributed by atoms with Crippen molar-refractivity contribution in [1.82, 2.24) is 19.4 Å². The lowest BCUT2D eigenvalue weighted by Gasteiger charge is -2.14. The van der Waals surface area contributed by atoms with Crippen LogP contribution in [-0.4, -0.2) is 19.4 Å². The van der Waals surface area contributed by atoms with E-state index >= 15 is 0 Å². The van der Waals surface area contributed by atoms with Crippen LogP contribution in [0.1, 0.15) is 0 Å². The summed E-state index contributed by atoms with van der Waals surface area (Å²) >= 11 is 1.84. The lowest BCUT2D eigenvalue weighted by Crippen LogP contribution is -2.01. The van der Waals surface area contributed by atoms with Crippen LogP contribution in [0.25, 0.3) is 115 Å². The van der Waals surface area contributed by atoms with Gasteiger partial charge < -0.3 is 4.40 Å². The third kappa shape index (κ3) is 4.68. The number of aromatic nitrogens is 4. The van der Waals surface area contributed by atoms with Crippen molar-refractivity contribution in [2.45, 2.75) is 0 Å². The fraction of sp³-hybridized carbons (Fsp3) is 0. The second-order valence-corrected chi connectivity index (χ2v) is 15.5. The molecule has 4 nitrogen and oxygen atoms in total. The summed E-state index contributed by atoms with van der Waals surface area (Å²) in [5.41, 5.74) is 11.0. The summed E-state index contributed by atoms with van der Waals surface area (Å²) in [5, 5.41) is 7.54. The van der Waals surface area contributed by atoms with Crippen LogP contribution in [0.2, 0.25) is 0 Å². The molecule has 0 bridgehead atoms. The van der Waals surface area contributed by atoms with Crippen LogP contribution in [0.15, 0.2) is 182 Å². The van der Waals surface area contributed by atoms with Crippen LogP contribution in [0.4, 0.5) is 0 Å². The molecule has 0 N–H and O–H groups in total. The molecule has 8 aromatic carbocycles. The van der Waals surface area contributed by atoms with Crippen LogP contribution in [0, 0.1) is 0 Å². The third-order valence-corrected chi connectivity index (χ3v) is 12.3. The largest absolute Gasteiger partial charge is 0.308 e. The topological polar surface area (TPSA) is 43.1 Å². The molecular formula is C51H30N4S. The van der Waals surface area contributed by atoms with Crippen molar-refractivity contribution >= 4 is 69.6 Å². The average molecular weight is 731 g/mol. The highest BCUT2D eigenvalue weighted by Gasteiger charge is 2.23. The highest BCUT2D eigenvalue weighted by molar-refractivity contribution is 7.26.